The van der Waals surface area contributed by atoms with Gasteiger partial charge in [-0.1, -0.05) is 6.07 Å². The third kappa shape index (κ3) is 4.08. The molecule has 0 aromatic heterocycles. The number of carbonyl (C=O) groups excluding carboxylic acids is 1. The van der Waals surface area contributed by atoms with Gasteiger partial charge in [-0.3, -0.25) is 9.59 Å². The first-order valence-corrected chi connectivity index (χ1v) is 9.56. The fraction of sp³-hybridized carbons (Fsp3) is 0.600. The Morgan fingerprint density at radius 2 is 1.96 bits per heavy atom. The lowest BCUT2D eigenvalue weighted by molar-refractivity contribution is -0.139. The summed E-state index contributed by atoms with van der Waals surface area (Å²) in [6.45, 7) is 4.66. The predicted molar refractivity (Wildman–Crippen MR) is 97.9 cm³/mol. The summed E-state index contributed by atoms with van der Waals surface area (Å²) in [5, 5.41) is 21.7. The van der Waals surface area contributed by atoms with Crippen LogP contribution in [0.3, 0.4) is 0 Å². The molecule has 1 aromatic carbocycles. The molecule has 6 nitrogen and oxygen atoms in total. The van der Waals surface area contributed by atoms with Gasteiger partial charge < -0.3 is 20.4 Å². The Bertz CT molecular complexity index is 731. The quantitative estimate of drug-likeness (QED) is 0.708. The number of benzene rings is 1. The third-order valence-electron chi connectivity index (χ3n) is 6.03. The molecule has 1 aromatic rings. The van der Waals surface area contributed by atoms with Crippen molar-refractivity contribution in [2.75, 3.05) is 6.54 Å². The molecule has 1 fully saturated rings. The maximum Gasteiger partial charge on any atom is 0.320 e. The second kappa shape index (κ2) is 7.84. The number of aliphatic carboxylic acids is 1. The zero-order chi connectivity index (χ0) is 19.7. The molecule has 0 saturated heterocycles. The molecule has 1 heterocycles. The maximum absolute atomic E-state index is 14.1. The van der Waals surface area contributed by atoms with Crippen LogP contribution in [-0.4, -0.2) is 45.6 Å². The summed E-state index contributed by atoms with van der Waals surface area (Å²) in [5.74, 6) is -1.71. The number of phenols is 1. The third-order valence-corrected chi connectivity index (χ3v) is 6.03. The van der Waals surface area contributed by atoms with Crippen molar-refractivity contribution in [2.24, 2.45) is 11.8 Å². The van der Waals surface area contributed by atoms with Gasteiger partial charge >= 0.3 is 5.97 Å². The number of nitrogens with zero attached hydrogens (tertiary/aromatic N) is 1. The average molecular weight is 378 g/mol. The molecule has 1 unspecified atom stereocenters. The molecule has 1 amide bonds. The van der Waals surface area contributed by atoms with E-state index in [9.17, 15) is 19.1 Å². The van der Waals surface area contributed by atoms with Crippen LogP contribution in [-0.2, 0) is 11.3 Å². The fourth-order valence-electron chi connectivity index (χ4n) is 4.34. The van der Waals surface area contributed by atoms with E-state index < -0.39 is 23.6 Å². The molecule has 3 N–H and O–H groups in total. The normalized spacial score (nSPS) is 24.6. The number of rotatable bonds is 6. The number of nitrogens with one attached hydrogen (secondary N) is 1. The van der Waals surface area contributed by atoms with E-state index in [0.717, 1.165) is 25.7 Å². The molecule has 148 valence electrons. The second-order valence-corrected chi connectivity index (χ2v) is 7.91. The van der Waals surface area contributed by atoms with Gasteiger partial charge in [-0.05, 0) is 63.0 Å². The second-order valence-electron chi connectivity index (χ2n) is 7.91. The number of carboxylic acids is 1. The molecule has 7 heteroatoms. The zero-order valence-corrected chi connectivity index (χ0v) is 15.7. The molecule has 1 aliphatic heterocycles. The van der Waals surface area contributed by atoms with Crippen LogP contribution in [0.15, 0.2) is 12.1 Å². The highest BCUT2D eigenvalue weighted by Crippen LogP contribution is 2.35. The van der Waals surface area contributed by atoms with Crippen molar-refractivity contribution in [3.05, 3.63) is 29.1 Å². The van der Waals surface area contributed by atoms with E-state index in [-0.39, 0.29) is 17.5 Å². The monoisotopic (exact) mass is 378 g/mol. The van der Waals surface area contributed by atoms with Gasteiger partial charge in [0.1, 0.15) is 6.04 Å². The largest absolute Gasteiger partial charge is 0.505 e. The minimum absolute atomic E-state index is 0.00386. The average Bonchev–Trinajstić information content (AvgIpc) is 2.95. The SMILES string of the molecule is CC(N[C@H](C)C(=O)O)[C@H]1CC[C@H](CN2Cc3ccc(O)c(F)c3C2=O)CC1. The number of fused-ring (bicyclic) bond motifs is 1. The van der Waals surface area contributed by atoms with Gasteiger partial charge in [-0.15, -0.1) is 0 Å². The van der Waals surface area contributed by atoms with Gasteiger partial charge in [-0.25, -0.2) is 4.39 Å². The van der Waals surface area contributed by atoms with Crippen LogP contribution in [0.2, 0.25) is 0 Å². The molecule has 0 spiro atoms. The van der Waals surface area contributed by atoms with E-state index in [1.54, 1.807) is 17.9 Å². The Labute approximate surface area is 158 Å². The summed E-state index contributed by atoms with van der Waals surface area (Å²) in [6.07, 6.45) is 3.89. The molecular formula is C20H27FN2O4. The van der Waals surface area contributed by atoms with Crippen LogP contribution in [0, 0.1) is 17.7 Å². The Morgan fingerprint density at radius 1 is 1.30 bits per heavy atom. The molecule has 2 atom stereocenters. The number of amides is 1. The first kappa shape index (κ1) is 19.6. The fourth-order valence-corrected chi connectivity index (χ4v) is 4.34. The van der Waals surface area contributed by atoms with Crippen LogP contribution in [0.5, 0.6) is 5.75 Å². The maximum atomic E-state index is 14.1. The summed E-state index contributed by atoms with van der Waals surface area (Å²) in [4.78, 5) is 25.2. The highest BCUT2D eigenvalue weighted by Gasteiger charge is 2.34. The Morgan fingerprint density at radius 3 is 2.59 bits per heavy atom. The number of hydrogen-bond donors (Lipinski definition) is 3. The summed E-state index contributed by atoms with van der Waals surface area (Å²) in [5.41, 5.74) is 0.633. The van der Waals surface area contributed by atoms with Gasteiger partial charge in [0, 0.05) is 19.1 Å². The van der Waals surface area contributed by atoms with Gasteiger partial charge in [0.05, 0.1) is 5.56 Å². The molecule has 1 aliphatic carbocycles. The number of hydrogen-bond acceptors (Lipinski definition) is 4. The van der Waals surface area contributed by atoms with E-state index in [2.05, 4.69) is 5.32 Å². The lowest BCUT2D eigenvalue weighted by Gasteiger charge is -2.35. The van der Waals surface area contributed by atoms with Gasteiger partial charge in [0.15, 0.2) is 11.6 Å². The van der Waals surface area contributed by atoms with Crippen LogP contribution in [0.1, 0.15) is 55.5 Å². The van der Waals surface area contributed by atoms with Gasteiger partial charge in [-0.2, -0.15) is 0 Å². The van der Waals surface area contributed by atoms with Crippen molar-refractivity contribution in [1.29, 1.82) is 0 Å². The number of phenolic OH excluding ortho intramolecular Hbond substituents is 1. The zero-order valence-electron chi connectivity index (χ0n) is 15.7. The van der Waals surface area contributed by atoms with Crippen molar-refractivity contribution in [1.82, 2.24) is 10.2 Å². The van der Waals surface area contributed by atoms with Crippen LogP contribution in [0.4, 0.5) is 4.39 Å². The summed E-state index contributed by atoms with van der Waals surface area (Å²) in [6, 6.07) is 2.47. The van der Waals surface area contributed by atoms with E-state index in [1.807, 2.05) is 6.92 Å². The summed E-state index contributed by atoms with van der Waals surface area (Å²) >= 11 is 0. The van der Waals surface area contributed by atoms with Crippen molar-refractivity contribution < 1.29 is 24.2 Å². The minimum atomic E-state index is -0.846. The van der Waals surface area contributed by atoms with Gasteiger partial charge in [0.2, 0.25) is 0 Å². The smallest absolute Gasteiger partial charge is 0.320 e. The number of aromatic hydroxyl groups is 1. The Kier molecular flexibility index (Phi) is 5.69. The van der Waals surface area contributed by atoms with E-state index in [1.165, 1.54) is 6.07 Å². The molecule has 0 radical (unpaired) electrons. The van der Waals surface area contributed by atoms with Crippen molar-refractivity contribution in [2.45, 2.75) is 58.2 Å². The summed E-state index contributed by atoms with van der Waals surface area (Å²) < 4.78 is 14.1. The van der Waals surface area contributed by atoms with Crippen molar-refractivity contribution >= 4 is 11.9 Å². The highest BCUT2D eigenvalue weighted by molar-refractivity contribution is 5.99. The van der Waals surface area contributed by atoms with E-state index >= 15 is 0 Å². The van der Waals surface area contributed by atoms with Crippen LogP contribution >= 0.6 is 0 Å². The number of halogens is 1. The Hall–Kier alpha value is -2.15. The van der Waals surface area contributed by atoms with Crippen LogP contribution in [0.25, 0.3) is 0 Å². The molecular weight excluding hydrogens is 351 g/mol. The molecule has 2 aliphatic rings. The topological polar surface area (TPSA) is 89.9 Å². The standard InChI is InChI=1S/C20H27FN2O4/c1-11(22-12(2)20(26)27)14-5-3-13(4-6-14)9-23-10-15-7-8-16(24)18(21)17(15)19(23)25/h7-8,11-14,22,24H,3-6,9-10H2,1-2H3,(H,26,27)/t11?,12-,13-,14-/m1/s1. The Balaban J connectivity index is 1.52. The number of carboxylic acid groups (broad SMARTS) is 1. The van der Waals surface area contributed by atoms with Crippen molar-refractivity contribution in [3.63, 3.8) is 0 Å². The van der Waals surface area contributed by atoms with Gasteiger partial charge in [0.25, 0.3) is 5.91 Å². The van der Waals surface area contributed by atoms with E-state index in [4.69, 9.17) is 5.11 Å². The first-order valence-electron chi connectivity index (χ1n) is 9.56. The minimum Gasteiger partial charge on any atom is -0.505 e. The van der Waals surface area contributed by atoms with Crippen molar-refractivity contribution in [3.8, 4) is 5.75 Å². The molecule has 1 saturated carbocycles. The highest BCUT2D eigenvalue weighted by atomic mass is 19.1. The van der Waals surface area contributed by atoms with Crippen LogP contribution < -0.4 is 5.32 Å². The van der Waals surface area contributed by atoms with E-state index in [0.29, 0.717) is 30.5 Å². The molecule has 0 bridgehead atoms. The molecule has 3 rings (SSSR count). The first-order chi connectivity index (χ1) is 12.8. The molecule has 27 heavy (non-hydrogen) atoms. The summed E-state index contributed by atoms with van der Waals surface area (Å²) in [7, 11) is 0. The lowest BCUT2D eigenvalue weighted by Crippen LogP contribution is -2.44. The predicted octanol–water partition coefficient (Wildman–Crippen LogP) is 2.74. The number of carbonyl (C=O) groups is 2. The lowest BCUT2D eigenvalue weighted by atomic mass is 9.78.